The van der Waals surface area contributed by atoms with E-state index in [2.05, 4.69) is 15.5 Å². The van der Waals surface area contributed by atoms with Crippen LogP contribution in [-0.2, 0) is 23.3 Å². The van der Waals surface area contributed by atoms with Crippen LogP contribution in [0, 0.1) is 0 Å². The first-order valence-electron chi connectivity index (χ1n) is 7.21. The Morgan fingerprint density at radius 3 is 2.64 bits per heavy atom. The third-order valence-corrected chi connectivity index (χ3v) is 4.84. The molecule has 10 nitrogen and oxygen atoms in total. The van der Waals surface area contributed by atoms with Crippen molar-refractivity contribution in [3.8, 4) is 11.5 Å². The normalized spacial score (nSPS) is 14.2. The number of hydrogen-bond donors (Lipinski definition) is 3. The number of aromatic amines is 1. The number of aromatic nitrogens is 2. The Bertz CT molecular complexity index is 924. The van der Waals surface area contributed by atoms with E-state index in [9.17, 15) is 13.2 Å². The van der Waals surface area contributed by atoms with E-state index in [0.29, 0.717) is 28.3 Å². The average molecular weight is 367 g/mol. The van der Waals surface area contributed by atoms with Crippen LogP contribution in [0.25, 0.3) is 0 Å². The van der Waals surface area contributed by atoms with Gasteiger partial charge < -0.3 is 14.8 Å². The van der Waals surface area contributed by atoms with Crippen molar-refractivity contribution >= 4 is 21.9 Å². The third-order valence-electron chi connectivity index (χ3n) is 3.86. The van der Waals surface area contributed by atoms with Crippen LogP contribution in [0.4, 0.5) is 5.82 Å². The molecular weight excluding hydrogens is 350 g/mol. The first kappa shape index (κ1) is 17.2. The van der Waals surface area contributed by atoms with Crippen LogP contribution in [-0.4, -0.2) is 43.0 Å². The Labute approximate surface area is 144 Å². The van der Waals surface area contributed by atoms with Gasteiger partial charge in [-0.25, -0.2) is 5.14 Å². The number of amides is 1. The van der Waals surface area contributed by atoms with E-state index >= 15 is 0 Å². The molecule has 0 radical (unpaired) electrons. The fraction of sp³-hybridized carbons (Fsp3) is 0.286. The van der Waals surface area contributed by atoms with Gasteiger partial charge in [-0.2, -0.15) is 17.8 Å². The number of carbonyl (C=O) groups is 1. The smallest absolute Gasteiger partial charge is 0.277 e. The van der Waals surface area contributed by atoms with Crippen LogP contribution in [0.3, 0.4) is 0 Å². The van der Waals surface area contributed by atoms with Gasteiger partial charge >= 0.3 is 0 Å². The molecule has 134 valence electrons. The van der Waals surface area contributed by atoms with Crippen LogP contribution in [0.15, 0.2) is 18.2 Å². The highest BCUT2D eigenvalue weighted by Gasteiger charge is 2.31. The van der Waals surface area contributed by atoms with E-state index in [-0.39, 0.29) is 18.9 Å². The number of hydrogen-bond acceptors (Lipinski definition) is 6. The second-order valence-corrected chi connectivity index (χ2v) is 6.91. The Hall–Kier alpha value is -2.63. The molecule has 1 amide bonds. The molecule has 0 spiro atoms. The summed E-state index contributed by atoms with van der Waals surface area (Å²) >= 11 is 0. The van der Waals surface area contributed by atoms with Gasteiger partial charge in [0, 0.05) is 17.7 Å². The SMILES string of the molecule is COc1ccc(C(=O)Nc2n[nH]c3c2CN(S(N)(=O)=O)C3)cc1OC. The number of rotatable bonds is 5. The molecule has 1 aromatic heterocycles. The van der Waals surface area contributed by atoms with Gasteiger partial charge in [0.2, 0.25) is 0 Å². The van der Waals surface area contributed by atoms with Crippen molar-refractivity contribution < 1.29 is 22.7 Å². The Morgan fingerprint density at radius 2 is 2.00 bits per heavy atom. The number of fused-ring (bicyclic) bond motifs is 1. The first-order chi connectivity index (χ1) is 11.8. The largest absolute Gasteiger partial charge is 0.493 e. The zero-order valence-corrected chi connectivity index (χ0v) is 14.4. The van der Waals surface area contributed by atoms with Crippen LogP contribution in [0.1, 0.15) is 21.6 Å². The lowest BCUT2D eigenvalue weighted by atomic mass is 10.2. The van der Waals surface area contributed by atoms with Crippen molar-refractivity contribution in [1.82, 2.24) is 14.5 Å². The monoisotopic (exact) mass is 367 g/mol. The molecule has 0 saturated heterocycles. The number of methoxy groups -OCH3 is 2. The zero-order chi connectivity index (χ0) is 18.2. The number of benzene rings is 1. The maximum absolute atomic E-state index is 12.4. The molecule has 1 aliphatic heterocycles. The highest BCUT2D eigenvalue weighted by molar-refractivity contribution is 7.86. The summed E-state index contributed by atoms with van der Waals surface area (Å²) in [5.74, 6) is 0.775. The molecule has 0 saturated carbocycles. The number of nitrogens with two attached hydrogens (primary N) is 1. The number of nitrogens with zero attached hydrogens (tertiary/aromatic N) is 2. The molecule has 0 unspecified atom stereocenters. The number of ether oxygens (including phenoxy) is 2. The molecule has 2 heterocycles. The van der Waals surface area contributed by atoms with Crippen molar-refractivity contribution in [3.63, 3.8) is 0 Å². The highest BCUT2D eigenvalue weighted by Crippen LogP contribution is 2.30. The summed E-state index contributed by atoms with van der Waals surface area (Å²) in [6.45, 7) is 0.139. The minimum Gasteiger partial charge on any atom is -0.493 e. The summed E-state index contributed by atoms with van der Waals surface area (Å²) in [5, 5.41) is 14.5. The standard InChI is InChI=1S/C14H17N5O5S/c1-23-11-4-3-8(5-12(11)24-2)14(20)16-13-9-6-19(25(15,21)22)7-10(9)17-18-13/h3-5H,6-7H2,1-2H3,(H2,15,21,22)(H2,16,17,18,20). The van der Waals surface area contributed by atoms with Crippen molar-refractivity contribution in [2.45, 2.75) is 13.1 Å². The fourth-order valence-electron chi connectivity index (χ4n) is 2.55. The van der Waals surface area contributed by atoms with Gasteiger partial charge in [0.25, 0.3) is 16.1 Å². The van der Waals surface area contributed by atoms with Crippen molar-refractivity contribution in [2.75, 3.05) is 19.5 Å². The molecule has 0 aliphatic carbocycles. The lowest BCUT2D eigenvalue weighted by Crippen LogP contribution is -2.32. The molecule has 1 aromatic carbocycles. The molecular formula is C14H17N5O5S. The minimum absolute atomic E-state index is 0.0478. The summed E-state index contributed by atoms with van der Waals surface area (Å²) in [6, 6.07) is 4.74. The van der Waals surface area contributed by atoms with Gasteiger partial charge in [0.05, 0.1) is 26.5 Å². The van der Waals surface area contributed by atoms with E-state index in [1.165, 1.54) is 20.3 Å². The van der Waals surface area contributed by atoms with Gasteiger partial charge in [-0.1, -0.05) is 0 Å². The van der Waals surface area contributed by atoms with Crippen LogP contribution in [0.5, 0.6) is 11.5 Å². The fourth-order valence-corrected chi connectivity index (χ4v) is 3.17. The van der Waals surface area contributed by atoms with E-state index in [1.54, 1.807) is 12.1 Å². The number of anilines is 1. The second kappa shape index (κ2) is 6.35. The highest BCUT2D eigenvalue weighted by atomic mass is 32.2. The van der Waals surface area contributed by atoms with Crippen molar-refractivity contribution in [3.05, 3.63) is 35.0 Å². The van der Waals surface area contributed by atoms with Gasteiger partial charge in [0.15, 0.2) is 17.3 Å². The molecule has 11 heteroatoms. The molecule has 0 bridgehead atoms. The predicted octanol–water partition coefficient (Wildman–Crippen LogP) is 0.198. The third kappa shape index (κ3) is 3.29. The summed E-state index contributed by atoms with van der Waals surface area (Å²) < 4.78 is 34.3. The van der Waals surface area contributed by atoms with Gasteiger partial charge in [-0.05, 0) is 18.2 Å². The van der Waals surface area contributed by atoms with Crippen LogP contribution in [0.2, 0.25) is 0 Å². The van der Waals surface area contributed by atoms with Gasteiger partial charge in [0.1, 0.15) is 0 Å². The molecule has 4 N–H and O–H groups in total. The summed E-state index contributed by atoms with van der Waals surface area (Å²) in [4.78, 5) is 12.4. The topological polar surface area (TPSA) is 140 Å². The molecule has 0 atom stereocenters. The van der Waals surface area contributed by atoms with Crippen LogP contribution >= 0.6 is 0 Å². The molecule has 0 fully saturated rings. The molecule has 1 aliphatic rings. The number of nitrogens with one attached hydrogen (secondary N) is 2. The number of H-pyrrole nitrogens is 1. The molecule has 3 rings (SSSR count). The minimum atomic E-state index is -3.81. The summed E-state index contributed by atoms with van der Waals surface area (Å²) in [6.07, 6.45) is 0. The summed E-state index contributed by atoms with van der Waals surface area (Å²) in [7, 11) is -0.836. The van der Waals surface area contributed by atoms with E-state index < -0.39 is 16.1 Å². The van der Waals surface area contributed by atoms with Crippen molar-refractivity contribution in [2.24, 2.45) is 5.14 Å². The van der Waals surface area contributed by atoms with Crippen LogP contribution < -0.4 is 19.9 Å². The lowest BCUT2D eigenvalue weighted by molar-refractivity contribution is 0.102. The Kier molecular flexibility index (Phi) is 4.37. The predicted molar refractivity (Wildman–Crippen MR) is 88.4 cm³/mol. The lowest BCUT2D eigenvalue weighted by Gasteiger charge is -2.11. The quantitative estimate of drug-likeness (QED) is 0.690. The van der Waals surface area contributed by atoms with Gasteiger partial charge in [-0.15, -0.1) is 0 Å². The van der Waals surface area contributed by atoms with Crippen molar-refractivity contribution in [1.29, 1.82) is 0 Å². The maximum Gasteiger partial charge on any atom is 0.277 e. The number of carbonyl (C=O) groups excluding carboxylic acids is 1. The first-order valence-corrected chi connectivity index (χ1v) is 8.71. The Morgan fingerprint density at radius 1 is 1.28 bits per heavy atom. The van der Waals surface area contributed by atoms with Gasteiger partial charge in [-0.3, -0.25) is 9.89 Å². The molecule has 2 aromatic rings. The van der Waals surface area contributed by atoms with E-state index in [0.717, 1.165) is 4.31 Å². The van der Waals surface area contributed by atoms with E-state index in [1.807, 2.05) is 0 Å². The zero-order valence-electron chi connectivity index (χ0n) is 13.6. The maximum atomic E-state index is 12.4. The average Bonchev–Trinajstić information content (AvgIpc) is 3.16. The summed E-state index contributed by atoms with van der Waals surface area (Å²) in [5.41, 5.74) is 1.52. The Balaban J connectivity index is 1.80. The molecule has 25 heavy (non-hydrogen) atoms. The van der Waals surface area contributed by atoms with E-state index in [4.69, 9.17) is 14.6 Å². The second-order valence-electron chi connectivity index (χ2n) is 5.37.